The largest absolute Gasteiger partial charge is 0.481 e. The van der Waals surface area contributed by atoms with Gasteiger partial charge < -0.3 is 30.7 Å². The van der Waals surface area contributed by atoms with E-state index in [9.17, 15) is 42.3 Å². The van der Waals surface area contributed by atoms with Crippen molar-refractivity contribution < 1.29 is 47.0 Å². The Kier molecular flexibility index (Phi) is 17.6. The topological polar surface area (TPSA) is 193 Å². The van der Waals surface area contributed by atoms with E-state index in [1.54, 1.807) is 11.9 Å². The predicted octanol–water partition coefficient (Wildman–Crippen LogP) is 5.19. The lowest BCUT2D eigenvalue weighted by Crippen LogP contribution is -2.54. The minimum absolute atomic E-state index is 0.0262. The number of aliphatic carboxylic acids is 1. The first-order valence-corrected chi connectivity index (χ1v) is 19.9. The molecule has 0 aliphatic heterocycles. The number of esters is 1. The fourth-order valence-electron chi connectivity index (χ4n) is 6.55. The molecule has 14 nitrogen and oxygen atoms in total. The summed E-state index contributed by atoms with van der Waals surface area (Å²) < 4.78 is 44.8. The van der Waals surface area contributed by atoms with E-state index >= 15 is 0 Å². The molecule has 1 aliphatic carbocycles. The molecule has 312 valence electrons. The van der Waals surface area contributed by atoms with Crippen LogP contribution in [0.3, 0.4) is 0 Å². The Labute approximate surface area is 330 Å². The van der Waals surface area contributed by atoms with Crippen LogP contribution in [0, 0.1) is 23.7 Å². The van der Waals surface area contributed by atoms with Gasteiger partial charge in [-0.1, -0.05) is 34.1 Å². The molecule has 1 aliphatic rings. The molecule has 0 unspecified atom stereocenters. The van der Waals surface area contributed by atoms with Gasteiger partial charge in [-0.2, -0.15) is 13.2 Å². The Hall–Kier alpha value is -4.19. The molecular formula is C38H56F3N7O7S. The normalized spacial score (nSPS) is 16.3. The minimum atomic E-state index is -4.64. The molecule has 1 fully saturated rings. The van der Waals surface area contributed by atoms with Gasteiger partial charge in [0, 0.05) is 63.1 Å². The van der Waals surface area contributed by atoms with E-state index in [2.05, 4.69) is 30.9 Å². The highest BCUT2D eigenvalue weighted by Crippen LogP contribution is 2.39. The van der Waals surface area contributed by atoms with Crippen molar-refractivity contribution in [3.63, 3.8) is 0 Å². The molecule has 3 amide bonds. The number of unbranched alkanes of at least 4 members (excludes halogenated alkanes) is 2. The number of aromatic nitrogens is 3. The number of carboxylic acids is 1. The van der Waals surface area contributed by atoms with E-state index in [1.807, 2.05) is 27.8 Å². The number of hydrogen-bond donors (Lipinski definition) is 4. The number of amides is 3. The summed E-state index contributed by atoms with van der Waals surface area (Å²) in [5, 5.41) is 20.1. The average Bonchev–Trinajstić information content (AvgIpc) is 3.86. The standard InChI is InChI=1S/C38H56F3N7O7S/c1-21(2)29(48(7)36(52)33(23(4)25-12-13-25)47-32(50)11-9-8-10-14-42-6)17-30(55-24(5)49)35-46-28(20-56-35)34(51)45-27(15-22(3)37(53)54)16-31-43-18-26(19-44-31)38(39,40)41/h18-23,25,27,29-30,33,42H,8-17H2,1-7H3,(H,45,51)(H,47,50)(H,53,54)/t22-,23-,27+,29+,30+,33-/m0/s1. The second-order valence-corrected chi connectivity index (χ2v) is 15.9. The van der Waals surface area contributed by atoms with Gasteiger partial charge in [-0.3, -0.25) is 24.0 Å². The highest BCUT2D eigenvalue weighted by Gasteiger charge is 2.41. The maximum absolute atomic E-state index is 14.2. The van der Waals surface area contributed by atoms with Gasteiger partial charge in [0.05, 0.1) is 11.5 Å². The highest BCUT2D eigenvalue weighted by atomic mass is 32.1. The number of ether oxygens (including phenoxy) is 1. The van der Waals surface area contributed by atoms with Crippen LogP contribution in [-0.4, -0.2) is 93.4 Å². The first-order valence-electron chi connectivity index (χ1n) is 19.1. The summed E-state index contributed by atoms with van der Waals surface area (Å²) in [7, 11) is 3.55. The van der Waals surface area contributed by atoms with Gasteiger partial charge >= 0.3 is 18.1 Å². The van der Waals surface area contributed by atoms with Gasteiger partial charge in [0.1, 0.15) is 22.6 Å². The number of alkyl halides is 3. The van der Waals surface area contributed by atoms with E-state index in [4.69, 9.17) is 4.74 Å². The minimum Gasteiger partial charge on any atom is -0.481 e. The first-order chi connectivity index (χ1) is 26.3. The summed E-state index contributed by atoms with van der Waals surface area (Å²) in [6.45, 7) is 9.39. The van der Waals surface area contributed by atoms with Crippen LogP contribution in [0.4, 0.5) is 13.2 Å². The van der Waals surface area contributed by atoms with Crippen LogP contribution in [-0.2, 0) is 36.5 Å². The molecule has 4 N–H and O–H groups in total. The van der Waals surface area contributed by atoms with E-state index in [1.165, 1.54) is 19.2 Å². The summed E-state index contributed by atoms with van der Waals surface area (Å²) in [6, 6.07) is -2.08. The van der Waals surface area contributed by atoms with Gasteiger partial charge in [-0.25, -0.2) is 15.0 Å². The van der Waals surface area contributed by atoms with E-state index in [0.717, 1.165) is 43.6 Å². The average molecular weight is 812 g/mol. The van der Waals surface area contributed by atoms with Crippen molar-refractivity contribution >= 4 is 41.0 Å². The zero-order valence-corrected chi connectivity index (χ0v) is 34.0. The summed E-state index contributed by atoms with van der Waals surface area (Å²) in [5.74, 6) is -3.66. The maximum atomic E-state index is 14.2. The quantitative estimate of drug-likeness (QED) is 0.0853. The first kappa shape index (κ1) is 46.2. The fraction of sp³-hybridized carbons (Fsp3) is 0.684. The van der Waals surface area contributed by atoms with E-state index in [0.29, 0.717) is 31.2 Å². The third-order valence-electron chi connectivity index (χ3n) is 10.1. The Bertz CT molecular complexity index is 1620. The summed E-state index contributed by atoms with van der Waals surface area (Å²) in [5.41, 5.74) is -1.10. The van der Waals surface area contributed by atoms with Crippen molar-refractivity contribution in [1.29, 1.82) is 0 Å². The number of nitrogens with one attached hydrogen (secondary N) is 3. The monoisotopic (exact) mass is 811 g/mol. The maximum Gasteiger partial charge on any atom is 0.419 e. The third kappa shape index (κ3) is 14.4. The van der Waals surface area contributed by atoms with Gasteiger partial charge in [0.25, 0.3) is 5.91 Å². The number of rotatable bonds is 23. The predicted molar refractivity (Wildman–Crippen MR) is 202 cm³/mol. The summed E-state index contributed by atoms with van der Waals surface area (Å²) >= 11 is 1.06. The van der Waals surface area contributed by atoms with Crippen molar-refractivity contribution in [2.24, 2.45) is 23.7 Å². The number of carbonyl (C=O) groups is 5. The third-order valence-corrected chi connectivity index (χ3v) is 11.0. The van der Waals surface area contributed by atoms with Crippen molar-refractivity contribution in [2.75, 3.05) is 20.6 Å². The molecule has 0 spiro atoms. The zero-order valence-electron chi connectivity index (χ0n) is 33.1. The van der Waals surface area contributed by atoms with Gasteiger partial charge in [0.2, 0.25) is 11.8 Å². The fourth-order valence-corrected chi connectivity index (χ4v) is 7.39. The summed E-state index contributed by atoms with van der Waals surface area (Å²) in [4.78, 5) is 78.3. The molecule has 6 atom stereocenters. The van der Waals surface area contributed by atoms with Gasteiger partial charge in [-0.05, 0) is 63.5 Å². The smallest absolute Gasteiger partial charge is 0.419 e. The van der Waals surface area contributed by atoms with Crippen molar-refractivity contribution in [3.05, 3.63) is 39.9 Å². The number of nitrogens with zero attached hydrogens (tertiary/aromatic N) is 4. The molecule has 3 rings (SSSR count). The van der Waals surface area contributed by atoms with Crippen molar-refractivity contribution in [2.45, 2.75) is 123 Å². The van der Waals surface area contributed by atoms with E-state index in [-0.39, 0.29) is 59.4 Å². The number of halogens is 3. The lowest BCUT2D eigenvalue weighted by Gasteiger charge is -2.37. The molecule has 2 aromatic heterocycles. The lowest BCUT2D eigenvalue weighted by molar-refractivity contribution is -0.149. The number of carboxylic acid groups (broad SMARTS) is 1. The van der Waals surface area contributed by atoms with Crippen LogP contribution in [0.5, 0.6) is 0 Å². The number of thiazole rings is 1. The highest BCUT2D eigenvalue weighted by molar-refractivity contribution is 7.09. The van der Waals surface area contributed by atoms with Crippen LogP contribution < -0.4 is 16.0 Å². The summed E-state index contributed by atoms with van der Waals surface area (Å²) in [6.07, 6.45) is 0.410. The van der Waals surface area contributed by atoms with Crippen LogP contribution in [0.25, 0.3) is 0 Å². The van der Waals surface area contributed by atoms with Crippen LogP contribution in [0.2, 0.25) is 0 Å². The number of hydrogen-bond acceptors (Lipinski definition) is 11. The van der Waals surface area contributed by atoms with Gasteiger partial charge in [-0.15, -0.1) is 11.3 Å². The second kappa shape index (κ2) is 21.4. The van der Waals surface area contributed by atoms with Crippen LogP contribution >= 0.6 is 11.3 Å². The van der Waals surface area contributed by atoms with Crippen LogP contribution in [0.15, 0.2) is 17.8 Å². The number of carbonyl (C=O) groups excluding carboxylic acids is 4. The zero-order chi connectivity index (χ0) is 41.7. The Morgan fingerprint density at radius 3 is 2.23 bits per heavy atom. The molecule has 1 saturated carbocycles. The Morgan fingerprint density at radius 2 is 1.68 bits per heavy atom. The van der Waals surface area contributed by atoms with Gasteiger partial charge in [0.15, 0.2) is 6.10 Å². The SMILES string of the molecule is CNCCCCCC(=O)N[C@H](C(=O)N(C)[C@H](C[C@@H](OC(C)=O)c1nc(C(=O)N[C@@H](Cc2ncc(C(F)(F)F)cn2)C[C@H](C)C(=O)O)cs1)C(C)C)[C@@H](C)C1CC1. The van der Waals surface area contributed by atoms with Crippen molar-refractivity contribution in [3.8, 4) is 0 Å². The Morgan fingerprint density at radius 1 is 1.02 bits per heavy atom. The molecule has 0 bridgehead atoms. The molecule has 0 saturated heterocycles. The van der Waals surface area contributed by atoms with Crippen molar-refractivity contribution in [1.82, 2.24) is 35.8 Å². The lowest BCUT2D eigenvalue weighted by atomic mass is 9.92. The molecule has 2 heterocycles. The second-order valence-electron chi connectivity index (χ2n) is 15.1. The molecular weight excluding hydrogens is 756 g/mol. The molecule has 18 heteroatoms. The molecule has 2 aromatic rings. The molecule has 56 heavy (non-hydrogen) atoms. The molecule has 0 aromatic carbocycles. The van der Waals surface area contributed by atoms with E-state index < -0.39 is 59.7 Å². The Balaban J connectivity index is 1.79. The van der Waals surface area contributed by atoms with Crippen LogP contribution in [0.1, 0.15) is 119 Å². The molecule has 0 radical (unpaired) electrons. The number of likely N-dealkylation sites (N-methyl/N-ethyl adjacent to an activating group) is 1.